The molecule has 9 heteroatoms. The molecular weight excluding hydrogens is 475 g/mol. The van der Waals surface area contributed by atoms with E-state index < -0.39 is 17.5 Å². The van der Waals surface area contributed by atoms with E-state index in [1.165, 1.54) is 0 Å². The average Bonchev–Trinajstić information content (AvgIpc) is 3.16. The number of methoxy groups -OCH3 is 1. The first kappa shape index (κ1) is 23.4. The molecular formula is C26H24F3N3O2S. The van der Waals surface area contributed by atoms with E-state index in [0.717, 1.165) is 57.3 Å². The summed E-state index contributed by atoms with van der Waals surface area (Å²) in [4.78, 5) is 12.9. The summed E-state index contributed by atoms with van der Waals surface area (Å²) in [5, 5.41) is 5.33. The second-order valence-corrected chi connectivity index (χ2v) is 9.76. The fourth-order valence-electron chi connectivity index (χ4n) is 4.62. The van der Waals surface area contributed by atoms with Gasteiger partial charge >= 0.3 is 0 Å². The molecule has 0 N–H and O–H groups in total. The van der Waals surface area contributed by atoms with Gasteiger partial charge in [0.15, 0.2) is 23.3 Å². The van der Waals surface area contributed by atoms with Gasteiger partial charge in [0.1, 0.15) is 12.4 Å². The van der Waals surface area contributed by atoms with Gasteiger partial charge in [-0.25, -0.2) is 18.2 Å². The van der Waals surface area contributed by atoms with E-state index in [2.05, 4.69) is 10.1 Å². The number of nitrogens with zero attached hydrogens (tertiary/aromatic N) is 3. The Morgan fingerprint density at radius 1 is 1.17 bits per heavy atom. The van der Waals surface area contributed by atoms with Crippen molar-refractivity contribution in [1.82, 2.24) is 9.88 Å². The number of piperidine rings is 1. The Kier molecular flexibility index (Phi) is 6.51. The molecule has 1 unspecified atom stereocenters. The van der Waals surface area contributed by atoms with Crippen LogP contribution in [-0.2, 0) is 4.84 Å². The third-order valence-electron chi connectivity index (χ3n) is 6.26. The Morgan fingerprint density at radius 3 is 2.69 bits per heavy atom. The van der Waals surface area contributed by atoms with E-state index in [-0.39, 0.29) is 12.6 Å². The first-order chi connectivity index (χ1) is 16.9. The average molecular weight is 500 g/mol. The van der Waals surface area contributed by atoms with Crippen LogP contribution in [0.1, 0.15) is 41.4 Å². The van der Waals surface area contributed by atoms with Gasteiger partial charge in [0.25, 0.3) is 0 Å². The largest absolute Gasteiger partial charge is 0.496 e. The number of rotatable bonds is 4. The molecule has 1 aromatic heterocycles. The lowest BCUT2D eigenvalue weighted by Gasteiger charge is -2.36. The van der Waals surface area contributed by atoms with Crippen LogP contribution in [0.3, 0.4) is 0 Å². The minimum atomic E-state index is -1.46. The minimum absolute atomic E-state index is 0.287. The number of oxime groups is 1. The molecule has 2 aliphatic rings. The lowest BCUT2D eigenvalue weighted by molar-refractivity contribution is 0.140. The van der Waals surface area contributed by atoms with Gasteiger partial charge < -0.3 is 14.5 Å². The van der Waals surface area contributed by atoms with Crippen LogP contribution in [0.25, 0.3) is 16.5 Å². The van der Waals surface area contributed by atoms with Gasteiger partial charge in [0.2, 0.25) is 0 Å². The normalized spacial score (nSPS) is 19.1. The molecule has 35 heavy (non-hydrogen) atoms. The predicted octanol–water partition coefficient (Wildman–Crippen LogP) is 6.50. The van der Waals surface area contributed by atoms with Crippen LogP contribution in [0.2, 0.25) is 0 Å². The van der Waals surface area contributed by atoms with Crippen LogP contribution < -0.4 is 4.74 Å². The Bertz CT molecular complexity index is 1300. The van der Waals surface area contributed by atoms with Gasteiger partial charge in [-0.05, 0) is 66.8 Å². The van der Waals surface area contributed by atoms with Crippen LogP contribution in [0.15, 0.2) is 47.3 Å². The van der Waals surface area contributed by atoms with Gasteiger partial charge in [0, 0.05) is 24.7 Å². The maximum absolute atomic E-state index is 14.0. The molecule has 0 spiro atoms. The molecule has 0 bridgehead atoms. The number of thiazole rings is 1. The minimum Gasteiger partial charge on any atom is -0.496 e. The summed E-state index contributed by atoms with van der Waals surface area (Å²) in [5.74, 6) is -2.48. The number of aromatic nitrogens is 1. The number of amidine groups is 1. The van der Waals surface area contributed by atoms with E-state index in [0.29, 0.717) is 24.4 Å². The van der Waals surface area contributed by atoms with Crippen molar-refractivity contribution in [1.29, 1.82) is 0 Å². The van der Waals surface area contributed by atoms with Crippen LogP contribution in [0.4, 0.5) is 13.2 Å². The molecule has 5 rings (SSSR count). The number of benzene rings is 2. The van der Waals surface area contributed by atoms with Crippen LogP contribution in [0, 0.1) is 24.4 Å². The summed E-state index contributed by atoms with van der Waals surface area (Å²) >= 11 is 1.60. The van der Waals surface area contributed by atoms with E-state index in [1.54, 1.807) is 18.4 Å². The van der Waals surface area contributed by atoms with Gasteiger partial charge in [0.05, 0.1) is 23.0 Å². The van der Waals surface area contributed by atoms with Crippen molar-refractivity contribution in [2.24, 2.45) is 5.16 Å². The highest BCUT2D eigenvalue weighted by molar-refractivity contribution is 7.15. The Morgan fingerprint density at radius 2 is 1.97 bits per heavy atom. The van der Waals surface area contributed by atoms with Crippen LogP contribution >= 0.6 is 11.3 Å². The monoisotopic (exact) mass is 499 g/mol. The van der Waals surface area contributed by atoms with Gasteiger partial charge in [-0.3, -0.25) is 0 Å². The quantitative estimate of drug-likeness (QED) is 0.385. The fraction of sp³-hybridized carbons (Fsp3) is 0.308. The number of aryl methyl sites for hydroxylation is 1. The molecule has 1 saturated heterocycles. The third-order valence-corrected chi connectivity index (χ3v) is 7.20. The highest BCUT2D eigenvalue weighted by Crippen LogP contribution is 2.37. The SMILES string of the molecule is COc1cc(/C=C2\CCCN3C2=NOCCC3c2cc(F)c(F)c(F)c2)ccc1-c1cnc(C)s1. The van der Waals surface area contributed by atoms with E-state index in [9.17, 15) is 13.2 Å². The second kappa shape index (κ2) is 9.73. The van der Waals surface area contributed by atoms with Gasteiger partial charge in [-0.1, -0.05) is 11.2 Å². The van der Waals surface area contributed by atoms with Crippen molar-refractivity contribution >= 4 is 23.2 Å². The molecule has 1 atom stereocenters. The van der Waals surface area contributed by atoms with Crippen molar-refractivity contribution in [3.05, 3.63) is 75.7 Å². The molecule has 3 heterocycles. The number of hydrogen-bond donors (Lipinski definition) is 0. The summed E-state index contributed by atoms with van der Waals surface area (Å²) < 4.78 is 47.2. The molecule has 0 amide bonds. The third kappa shape index (κ3) is 4.65. The second-order valence-electron chi connectivity index (χ2n) is 8.52. The van der Waals surface area contributed by atoms with Crippen molar-refractivity contribution in [2.45, 2.75) is 32.2 Å². The Labute approximate surface area is 205 Å². The van der Waals surface area contributed by atoms with Gasteiger partial charge in [-0.2, -0.15) is 0 Å². The Balaban J connectivity index is 1.48. The number of halogens is 3. The highest BCUT2D eigenvalue weighted by Gasteiger charge is 2.32. The molecule has 0 saturated carbocycles. The molecule has 3 aromatic rings. The highest BCUT2D eigenvalue weighted by atomic mass is 32.1. The molecule has 0 radical (unpaired) electrons. The fourth-order valence-corrected chi connectivity index (χ4v) is 5.43. The van der Waals surface area contributed by atoms with E-state index in [1.807, 2.05) is 42.3 Å². The summed E-state index contributed by atoms with van der Waals surface area (Å²) in [6.07, 6.45) is 5.96. The summed E-state index contributed by atoms with van der Waals surface area (Å²) in [5.41, 5.74) is 3.23. The first-order valence-electron chi connectivity index (χ1n) is 11.4. The predicted molar refractivity (Wildman–Crippen MR) is 130 cm³/mol. The smallest absolute Gasteiger partial charge is 0.194 e. The number of hydrogen-bond acceptors (Lipinski definition) is 6. The zero-order valence-electron chi connectivity index (χ0n) is 19.4. The van der Waals surface area contributed by atoms with Crippen LogP contribution in [-0.4, -0.2) is 36.0 Å². The van der Waals surface area contributed by atoms with Gasteiger partial charge in [-0.15, -0.1) is 11.3 Å². The molecule has 182 valence electrons. The standard InChI is InChI=1S/C26H24F3N3O2S/c1-15-30-14-24(35-15)19-6-5-16(11-23(19)33-2)10-17-4-3-8-32-22(7-9-34-31-26(17)32)18-12-20(27)25(29)21(28)13-18/h5-6,10-14,22H,3-4,7-9H2,1-2H3/b17-10+. The maximum atomic E-state index is 14.0. The summed E-state index contributed by atoms with van der Waals surface area (Å²) in [6.45, 7) is 2.90. The lowest BCUT2D eigenvalue weighted by atomic mass is 9.94. The molecule has 1 fully saturated rings. The summed E-state index contributed by atoms with van der Waals surface area (Å²) in [7, 11) is 1.64. The molecule has 0 aliphatic carbocycles. The lowest BCUT2D eigenvalue weighted by Crippen LogP contribution is -2.39. The van der Waals surface area contributed by atoms with E-state index in [4.69, 9.17) is 9.57 Å². The topological polar surface area (TPSA) is 47.0 Å². The van der Waals surface area contributed by atoms with Crippen molar-refractivity contribution in [2.75, 3.05) is 20.3 Å². The first-order valence-corrected chi connectivity index (χ1v) is 12.2. The molecule has 2 aromatic carbocycles. The summed E-state index contributed by atoms with van der Waals surface area (Å²) in [6, 6.07) is 7.74. The van der Waals surface area contributed by atoms with Crippen LogP contribution in [0.5, 0.6) is 5.75 Å². The van der Waals surface area contributed by atoms with Crippen molar-refractivity contribution in [3.63, 3.8) is 0 Å². The zero-order chi connectivity index (χ0) is 24.5. The Hall–Kier alpha value is -3.33. The zero-order valence-corrected chi connectivity index (χ0v) is 20.2. The molecule has 2 aliphatic heterocycles. The number of fused-ring (bicyclic) bond motifs is 1. The molecule has 5 nitrogen and oxygen atoms in total. The number of ether oxygens (including phenoxy) is 1. The van der Waals surface area contributed by atoms with Crippen molar-refractivity contribution < 1.29 is 22.7 Å². The van der Waals surface area contributed by atoms with Crippen molar-refractivity contribution in [3.8, 4) is 16.2 Å². The maximum Gasteiger partial charge on any atom is 0.194 e. The van der Waals surface area contributed by atoms with E-state index >= 15 is 0 Å².